The van der Waals surface area contributed by atoms with Crippen LogP contribution in [-0.4, -0.2) is 11.1 Å². The van der Waals surface area contributed by atoms with Crippen LogP contribution < -0.4 is 0 Å². The van der Waals surface area contributed by atoms with Crippen LogP contribution in [0.3, 0.4) is 0 Å². The molecule has 0 unspecified atom stereocenters. The number of hydrogen-bond donors (Lipinski definition) is 1. The van der Waals surface area contributed by atoms with Crippen molar-refractivity contribution in [1.29, 1.82) is 0 Å². The van der Waals surface area contributed by atoms with E-state index in [4.69, 9.17) is 0 Å². The topological polar surface area (TPSA) is 37.3 Å². The van der Waals surface area contributed by atoms with Crippen molar-refractivity contribution in [3.8, 4) is 0 Å². The largest absolute Gasteiger partial charge is 0.478 e. The molecule has 0 fully saturated rings. The second-order valence-electron chi connectivity index (χ2n) is 6.57. The minimum atomic E-state index is -0.776. The molecule has 0 saturated carbocycles. The highest BCUT2D eigenvalue weighted by Gasteiger charge is 2.07. The predicted molar refractivity (Wildman–Crippen MR) is 93.9 cm³/mol. The smallest absolute Gasteiger partial charge is 0.331 e. The van der Waals surface area contributed by atoms with Gasteiger partial charge in [-0.2, -0.15) is 0 Å². The number of carboxylic acid groups (broad SMARTS) is 1. The zero-order chi connectivity index (χ0) is 16.5. The molecule has 0 amide bonds. The van der Waals surface area contributed by atoms with E-state index in [2.05, 4.69) is 45.9 Å². The first-order valence-electron chi connectivity index (χ1n) is 8.34. The Labute approximate surface area is 135 Å². The number of aliphatic carboxylic acids is 1. The van der Waals surface area contributed by atoms with E-state index in [0.29, 0.717) is 17.9 Å². The van der Waals surface area contributed by atoms with Crippen molar-refractivity contribution in [2.45, 2.75) is 66.2 Å². The number of rotatable bonds is 2. The van der Waals surface area contributed by atoms with Crippen LogP contribution in [0.4, 0.5) is 0 Å². The first kappa shape index (κ1) is 18.5. The molecule has 0 heterocycles. The van der Waals surface area contributed by atoms with Crippen molar-refractivity contribution < 1.29 is 9.90 Å². The van der Waals surface area contributed by atoms with Gasteiger partial charge in [-0.15, -0.1) is 0 Å². The summed E-state index contributed by atoms with van der Waals surface area (Å²) in [7, 11) is 0. The lowest BCUT2D eigenvalue weighted by Crippen LogP contribution is -2.01. The Morgan fingerprint density at radius 2 is 1.64 bits per heavy atom. The molecular weight excluding hydrogens is 272 g/mol. The second-order valence-corrected chi connectivity index (χ2v) is 6.57. The van der Waals surface area contributed by atoms with Crippen LogP contribution in [0.15, 0.2) is 46.6 Å². The zero-order valence-electron chi connectivity index (χ0n) is 14.5. The molecule has 0 aromatic heterocycles. The van der Waals surface area contributed by atoms with Gasteiger partial charge in [0.25, 0.3) is 0 Å². The summed E-state index contributed by atoms with van der Waals surface area (Å²) in [6, 6.07) is 0. The van der Waals surface area contributed by atoms with Crippen LogP contribution in [0.2, 0.25) is 0 Å². The van der Waals surface area contributed by atoms with Crippen molar-refractivity contribution in [3.63, 3.8) is 0 Å². The molecule has 2 heteroatoms. The van der Waals surface area contributed by atoms with Gasteiger partial charge in [-0.1, -0.05) is 54.9 Å². The van der Waals surface area contributed by atoms with Crippen LogP contribution in [0.25, 0.3) is 0 Å². The second kappa shape index (κ2) is 9.45. The fourth-order valence-corrected chi connectivity index (χ4v) is 2.59. The fraction of sp³-hybridized carbons (Fsp3) is 0.550. The Bertz CT molecular complexity index is 502. The molecule has 1 N–H and O–H groups in total. The van der Waals surface area contributed by atoms with E-state index in [1.165, 1.54) is 16.7 Å². The van der Waals surface area contributed by atoms with Gasteiger partial charge in [0, 0.05) is 5.57 Å². The number of allylic oxidation sites excluding steroid dienone is 7. The summed E-state index contributed by atoms with van der Waals surface area (Å²) in [5.41, 5.74) is 4.70. The van der Waals surface area contributed by atoms with Crippen LogP contribution in [0.5, 0.6) is 0 Å². The highest BCUT2D eigenvalue weighted by molar-refractivity contribution is 5.86. The summed E-state index contributed by atoms with van der Waals surface area (Å²) < 4.78 is 0. The van der Waals surface area contributed by atoms with Gasteiger partial charge in [-0.05, 0) is 58.3 Å². The average molecular weight is 302 g/mol. The standard InChI is InChI=1S/C20H30O2/c1-15(2)18-13-11-16(3)7-5-9-19(20(21)22)10-6-8-17(4)12-14-18/h7,10,12,14-15H,5-6,8-9,11,13H2,1-4H3,(H,21,22). The third-order valence-corrected chi connectivity index (χ3v) is 4.24. The Kier molecular flexibility index (Phi) is 7.94. The summed E-state index contributed by atoms with van der Waals surface area (Å²) in [5, 5.41) is 9.26. The molecule has 122 valence electrons. The molecule has 0 aliphatic heterocycles. The third kappa shape index (κ3) is 6.93. The molecule has 0 saturated heterocycles. The SMILES string of the molecule is CC1=CC=C(C(C)C)CCC(C)=CCCC(C(=O)O)=CCC1. The van der Waals surface area contributed by atoms with Gasteiger partial charge in [0.1, 0.15) is 0 Å². The summed E-state index contributed by atoms with van der Waals surface area (Å²) in [4.78, 5) is 11.3. The van der Waals surface area contributed by atoms with Crippen molar-refractivity contribution in [2.75, 3.05) is 0 Å². The molecule has 0 aromatic rings. The lowest BCUT2D eigenvalue weighted by atomic mass is 9.94. The number of hydrogen-bond acceptors (Lipinski definition) is 1. The van der Waals surface area contributed by atoms with Crippen LogP contribution in [-0.2, 0) is 4.79 Å². The molecule has 0 bridgehead atoms. The van der Waals surface area contributed by atoms with Gasteiger partial charge in [-0.3, -0.25) is 0 Å². The first-order valence-corrected chi connectivity index (χ1v) is 8.34. The molecule has 0 radical (unpaired) electrons. The lowest BCUT2D eigenvalue weighted by molar-refractivity contribution is -0.132. The van der Waals surface area contributed by atoms with E-state index < -0.39 is 5.97 Å². The Morgan fingerprint density at radius 1 is 0.955 bits per heavy atom. The van der Waals surface area contributed by atoms with E-state index >= 15 is 0 Å². The monoisotopic (exact) mass is 302 g/mol. The molecule has 0 spiro atoms. The van der Waals surface area contributed by atoms with Gasteiger partial charge < -0.3 is 5.11 Å². The maximum absolute atomic E-state index is 11.3. The lowest BCUT2D eigenvalue weighted by Gasteiger charge is -2.12. The van der Waals surface area contributed by atoms with Crippen molar-refractivity contribution in [3.05, 3.63) is 46.6 Å². The maximum atomic E-state index is 11.3. The van der Waals surface area contributed by atoms with Crippen molar-refractivity contribution in [2.24, 2.45) is 5.92 Å². The van der Waals surface area contributed by atoms with Gasteiger partial charge in [-0.25, -0.2) is 4.79 Å². The minimum absolute atomic E-state index is 0.548. The van der Waals surface area contributed by atoms with Crippen LogP contribution in [0.1, 0.15) is 66.2 Å². The summed E-state index contributed by atoms with van der Waals surface area (Å²) in [5.74, 6) is -0.204. The minimum Gasteiger partial charge on any atom is -0.478 e. The predicted octanol–water partition coefficient (Wildman–Crippen LogP) is 5.83. The third-order valence-electron chi connectivity index (χ3n) is 4.24. The Hall–Kier alpha value is -1.57. The first-order chi connectivity index (χ1) is 10.4. The maximum Gasteiger partial charge on any atom is 0.331 e. The van der Waals surface area contributed by atoms with E-state index in [9.17, 15) is 9.90 Å². The molecule has 1 aliphatic rings. The molecule has 0 aromatic carbocycles. The molecule has 0 atom stereocenters. The average Bonchev–Trinajstić information content (AvgIpc) is 2.44. The van der Waals surface area contributed by atoms with Gasteiger partial charge in [0.05, 0.1) is 0 Å². The fourth-order valence-electron chi connectivity index (χ4n) is 2.59. The molecule has 22 heavy (non-hydrogen) atoms. The number of carbonyl (C=O) groups is 1. The van der Waals surface area contributed by atoms with Crippen molar-refractivity contribution >= 4 is 5.97 Å². The zero-order valence-corrected chi connectivity index (χ0v) is 14.5. The van der Waals surface area contributed by atoms with Gasteiger partial charge in [0.15, 0.2) is 0 Å². The van der Waals surface area contributed by atoms with E-state index in [1.54, 1.807) is 0 Å². The van der Waals surface area contributed by atoms with E-state index in [0.717, 1.165) is 32.1 Å². The van der Waals surface area contributed by atoms with E-state index in [-0.39, 0.29) is 0 Å². The number of carboxylic acids is 1. The summed E-state index contributed by atoms with van der Waals surface area (Å²) in [6.45, 7) is 8.77. The summed E-state index contributed by atoms with van der Waals surface area (Å²) in [6.07, 6.45) is 13.9. The normalized spacial score (nSPS) is 18.8. The highest BCUT2D eigenvalue weighted by Crippen LogP contribution is 2.21. The molecule has 1 aliphatic carbocycles. The Balaban J connectivity index is 2.96. The molecule has 1 rings (SSSR count). The van der Waals surface area contributed by atoms with Crippen LogP contribution in [0, 0.1) is 5.92 Å². The van der Waals surface area contributed by atoms with Crippen LogP contribution >= 0.6 is 0 Å². The highest BCUT2D eigenvalue weighted by atomic mass is 16.4. The van der Waals surface area contributed by atoms with Crippen molar-refractivity contribution in [1.82, 2.24) is 0 Å². The van der Waals surface area contributed by atoms with Gasteiger partial charge in [0.2, 0.25) is 0 Å². The quantitative estimate of drug-likeness (QED) is 0.652. The summed E-state index contributed by atoms with van der Waals surface area (Å²) >= 11 is 0. The Morgan fingerprint density at radius 3 is 2.27 bits per heavy atom. The van der Waals surface area contributed by atoms with Gasteiger partial charge >= 0.3 is 5.97 Å². The van der Waals surface area contributed by atoms with E-state index in [1.807, 2.05) is 6.08 Å². The molecular formula is C20H30O2. The molecule has 2 nitrogen and oxygen atoms in total.